The highest BCUT2D eigenvalue weighted by atomic mass is 31.2. The van der Waals surface area contributed by atoms with Crippen LogP contribution < -0.4 is 16.1 Å². The Morgan fingerprint density at radius 1 is 1.35 bits per heavy atom. The van der Waals surface area contributed by atoms with Crippen LogP contribution in [0.3, 0.4) is 0 Å². The van der Waals surface area contributed by atoms with Gasteiger partial charge in [0.05, 0.1) is 12.8 Å². The third-order valence-corrected chi connectivity index (χ3v) is 2.03. The highest BCUT2D eigenvalue weighted by molar-refractivity contribution is 7.51. The number of H-pyrrole nitrogens is 1. The number of nitrogens with zero attached hydrogens (tertiary/aromatic N) is 1. The number of aromatic nitrogens is 2. The van der Waals surface area contributed by atoms with Crippen molar-refractivity contribution in [1.82, 2.24) is 9.71 Å². The minimum absolute atomic E-state index is 0.0913. The zero-order chi connectivity index (χ0) is 12.9. The van der Waals surface area contributed by atoms with Crippen LogP contribution in [0.4, 0.5) is 0 Å². The summed E-state index contributed by atoms with van der Waals surface area (Å²) >= 11 is 0. The normalized spacial score (nSPS) is 11.4. The summed E-state index contributed by atoms with van der Waals surface area (Å²) in [4.78, 5) is 45.5. The molecule has 1 heterocycles. The van der Waals surface area contributed by atoms with Crippen LogP contribution in [0.15, 0.2) is 21.9 Å². The van der Waals surface area contributed by atoms with E-state index in [0.29, 0.717) is 0 Å². The van der Waals surface area contributed by atoms with Gasteiger partial charge in [0, 0.05) is 6.07 Å². The topological polar surface area (TPSA) is 131 Å². The molecule has 0 aromatic carbocycles. The predicted octanol–water partition coefficient (Wildman–Crippen LogP) is -1.88. The summed E-state index contributed by atoms with van der Waals surface area (Å²) in [6.45, 7) is -0.192. The van der Waals surface area contributed by atoms with Crippen molar-refractivity contribution in [3.8, 4) is 0 Å². The molecule has 1 rings (SSSR count). The molecule has 0 aliphatic carbocycles. The summed E-state index contributed by atoms with van der Waals surface area (Å²) in [6, 6.07) is 1.10. The van der Waals surface area contributed by atoms with Gasteiger partial charge in [-0.1, -0.05) is 0 Å². The van der Waals surface area contributed by atoms with Crippen LogP contribution in [0.1, 0.15) is 0 Å². The first-order chi connectivity index (χ1) is 7.88. The molecular weight excluding hydrogens is 255 g/mol. The van der Waals surface area contributed by atoms with Crippen LogP contribution in [-0.4, -0.2) is 39.1 Å². The second-order valence-electron chi connectivity index (χ2n) is 2.97. The van der Waals surface area contributed by atoms with Crippen molar-refractivity contribution in [1.29, 1.82) is 0 Å². The minimum Gasteiger partial charge on any atom is -0.407 e. The summed E-state index contributed by atoms with van der Waals surface area (Å²) in [5, 5.41) is 0. The Bertz CT molecular complexity index is 515. The molecule has 0 saturated heterocycles. The maximum atomic E-state index is 11.1. The molecule has 0 amide bonds. The lowest BCUT2D eigenvalue weighted by Crippen LogP contribution is -2.34. The average molecular weight is 266 g/mol. The Morgan fingerprint density at radius 2 is 2.06 bits per heavy atom. The second kappa shape index (κ2) is 5.78. The standard InChI is InChI=1S/C7H11N2O7P/c10-6-1-2-9(7(11)8-6)16-4-3-15-5-17(12,13)14/h1-2H,3-5H2,(H,8,10,11)(H2,12,13,14). The van der Waals surface area contributed by atoms with Crippen molar-refractivity contribution in [3.05, 3.63) is 33.1 Å². The molecule has 3 N–H and O–H groups in total. The summed E-state index contributed by atoms with van der Waals surface area (Å²) in [5.41, 5.74) is -1.29. The molecule has 0 radical (unpaired) electrons. The van der Waals surface area contributed by atoms with Crippen molar-refractivity contribution in [2.45, 2.75) is 0 Å². The van der Waals surface area contributed by atoms with E-state index in [0.717, 1.165) is 17.0 Å². The van der Waals surface area contributed by atoms with Gasteiger partial charge in [-0.2, -0.15) is 0 Å². The Morgan fingerprint density at radius 3 is 2.65 bits per heavy atom. The number of aromatic amines is 1. The largest absolute Gasteiger partial charge is 0.407 e. The van der Waals surface area contributed by atoms with Gasteiger partial charge < -0.3 is 19.4 Å². The SMILES string of the molecule is O=c1ccn(OCCOCP(=O)(O)O)c(=O)[nH]1. The molecule has 17 heavy (non-hydrogen) atoms. The van der Waals surface area contributed by atoms with Gasteiger partial charge in [-0.15, -0.1) is 4.73 Å². The van der Waals surface area contributed by atoms with Gasteiger partial charge in [-0.25, -0.2) is 4.79 Å². The molecular formula is C7H11N2O7P. The van der Waals surface area contributed by atoms with Gasteiger partial charge in [-0.3, -0.25) is 14.3 Å². The zero-order valence-corrected chi connectivity index (χ0v) is 9.50. The maximum Gasteiger partial charge on any atom is 0.361 e. The summed E-state index contributed by atoms with van der Waals surface area (Å²) < 4.78 is 15.8. The van der Waals surface area contributed by atoms with E-state index in [9.17, 15) is 14.2 Å². The quantitative estimate of drug-likeness (QED) is 0.405. The number of rotatable bonds is 6. The Kier molecular flexibility index (Phi) is 4.64. The lowest BCUT2D eigenvalue weighted by molar-refractivity contribution is 0.0417. The number of hydrogen-bond donors (Lipinski definition) is 3. The van der Waals surface area contributed by atoms with Gasteiger partial charge in [0.1, 0.15) is 13.0 Å². The van der Waals surface area contributed by atoms with Crippen LogP contribution in [0, 0.1) is 0 Å². The molecule has 0 saturated carbocycles. The third-order valence-electron chi connectivity index (χ3n) is 1.51. The Hall–Kier alpha value is -1.41. The fourth-order valence-corrected chi connectivity index (χ4v) is 1.25. The molecule has 0 unspecified atom stereocenters. The van der Waals surface area contributed by atoms with Crippen LogP contribution in [0.2, 0.25) is 0 Å². The van der Waals surface area contributed by atoms with Crippen LogP contribution in [0.5, 0.6) is 0 Å². The first-order valence-electron chi connectivity index (χ1n) is 4.46. The van der Waals surface area contributed by atoms with Crippen molar-refractivity contribution >= 4 is 7.60 Å². The molecule has 0 aliphatic heterocycles. The fraction of sp³-hybridized carbons (Fsp3) is 0.429. The van der Waals surface area contributed by atoms with Crippen LogP contribution in [0.25, 0.3) is 0 Å². The van der Waals surface area contributed by atoms with Crippen LogP contribution >= 0.6 is 7.60 Å². The molecule has 9 nitrogen and oxygen atoms in total. The monoisotopic (exact) mass is 266 g/mol. The summed E-state index contributed by atoms with van der Waals surface area (Å²) in [6.07, 6.45) is 0.418. The second-order valence-corrected chi connectivity index (χ2v) is 4.56. The third kappa shape index (κ3) is 5.45. The first-order valence-corrected chi connectivity index (χ1v) is 6.26. The smallest absolute Gasteiger partial charge is 0.361 e. The van der Waals surface area contributed by atoms with E-state index in [1.165, 1.54) is 0 Å². The van der Waals surface area contributed by atoms with Gasteiger partial charge in [0.2, 0.25) is 0 Å². The van der Waals surface area contributed by atoms with Crippen molar-refractivity contribution in [2.75, 3.05) is 19.6 Å². The van der Waals surface area contributed by atoms with Gasteiger partial charge in [0.25, 0.3) is 5.56 Å². The summed E-state index contributed by atoms with van der Waals surface area (Å²) in [7, 11) is -4.19. The van der Waals surface area contributed by atoms with E-state index in [-0.39, 0.29) is 13.2 Å². The average Bonchev–Trinajstić information content (AvgIpc) is 2.18. The molecule has 1 aromatic rings. The highest BCUT2D eigenvalue weighted by Gasteiger charge is 2.12. The van der Waals surface area contributed by atoms with E-state index < -0.39 is 25.2 Å². The minimum atomic E-state index is -4.19. The molecule has 0 aliphatic rings. The van der Waals surface area contributed by atoms with Crippen LogP contribution in [-0.2, 0) is 9.30 Å². The predicted molar refractivity (Wildman–Crippen MR) is 55.6 cm³/mol. The van der Waals surface area contributed by atoms with Crippen molar-refractivity contribution in [2.24, 2.45) is 0 Å². The molecule has 0 fully saturated rings. The van der Waals surface area contributed by atoms with E-state index >= 15 is 0 Å². The Balaban J connectivity index is 2.34. The number of nitrogens with one attached hydrogen (secondary N) is 1. The van der Waals surface area contributed by atoms with Gasteiger partial charge in [-0.05, 0) is 0 Å². The molecule has 0 bridgehead atoms. The first kappa shape index (κ1) is 13.7. The van der Waals surface area contributed by atoms with E-state index in [4.69, 9.17) is 14.6 Å². The number of ether oxygens (including phenoxy) is 1. The maximum absolute atomic E-state index is 11.1. The van der Waals surface area contributed by atoms with E-state index in [2.05, 4.69) is 4.74 Å². The fourth-order valence-electron chi connectivity index (χ4n) is 0.885. The summed E-state index contributed by atoms with van der Waals surface area (Å²) in [5.74, 6) is 0. The molecule has 96 valence electrons. The van der Waals surface area contributed by atoms with Gasteiger partial charge in [0.15, 0.2) is 0 Å². The van der Waals surface area contributed by atoms with E-state index in [1.807, 2.05) is 4.98 Å². The Labute approximate surface area is 94.7 Å². The molecule has 1 aromatic heterocycles. The lowest BCUT2D eigenvalue weighted by atomic mass is 10.7. The van der Waals surface area contributed by atoms with E-state index in [1.54, 1.807) is 0 Å². The van der Waals surface area contributed by atoms with Crippen molar-refractivity contribution in [3.63, 3.8) is 0 Å². The zero-order valence-electron chi connectivity index (χ0n) is 8.61. The highest BCUT2D eigenvalue weighted by Crippen LogP contribution is 2.33. The molecule has 0 spiro atoms. The van der Waals surface area contributed by atoms with Crippen molar-refractivity contribution < 1.29 is 23.9 Å². The lowest BCUT2D eigenvalue weighted by Gasteiger charge is -2.08. The number of hydrogen-bond acceptors (Lipinski definition) is 5. The van der Waals surface area contributed by atoms with Gasteiger partial charge >= 0.3 is 13.3 Å². The molecule has 10 heteroatoms. The molecule has 0 atom stereocenters.